The molecule has 1 rings (SSSR count). The minimum atomic E-state index is -1.28. The fourth-order valence-corrected chi connectivity index (χ4v) is 2.00. The summed E-state index contributed by atoms with van der Waals surface area (Å²) < 4.78 is 0. The molecule has 8 nitrogen and oxygen atoms in total. The number of carbonyl (C=O) groups excluding carboxylic acids is 1. The molecule has 0 unspecified atom stereocenters. The maximum absolute atomic E-state index is 11.7. The molecule has 0 fully saturated rings. The predicted molar refractivity (Wildman–Crippen MR) is 65.9 cm³/mol. The van der Waals surface area contributed by atoms with E-state index < -0.39 is 31.1 Å². The Labute approximate surface area is 112 Å². The number of aliphatic carboxylic acids is 2. The van der Waals surface area contributed by atoms with E-state index in [1.165, 1.54) is 11.3 Å². The van der Waals surface area contributed by atoms with Crippen molar-refractivity contribution in [1.29, 1.82) is 0 Å². The molecular weight excluding hydrogens is 274 g/mol. The summed E-state index contributed by atoms with van der Waals surface area (Å²) in [4.78, 5) is 38.5. The van der Waals surface area contributed by atoms with Crippen molar-refractivity contribution in [2.24, 2.45) is 0 Å². The van der Waals surface area contributed by atoms with Gasteiger partial charge in [0.1, 0.15) is 18.1 Å². The SMILES string of the molecule is Cc1cnc(CNC(=O)N(CC(=O)O)CC(=O)O)s1. The standard InChI is InChI=1S/C10H13N3O5S/c1-6-2-11-7(19-6)3-12-10(18)13(4-8(14)15)5-9(16)17/h2H,3-5H2,1H3,(H,12,18)(H,14,15)(H,16,17). The smallest absolute Gasteiger partial charge is 0.323 e. The highest BCUT2D eigenvalue weighted by molar-refractivity contribution is 7.11. The van der Waals surface area contributed by atoms with Gasteiger partial charge in [-0.05, 0) is 6.92 Å². The quantitative estimate of drug-likeness (QED) is 0.684. The second-order valence-corrected chi connectivity index (χ2v) is 4.99. The Morgan fingerprint density at radius 3 is 2.32 bits per heavy atom. The molecule has 9 heteroatoms. The number of hydrogen-bond acceptors (Lipinski definition) is 5. The molecule has 19 heavy (non-hydrogen) atoms. The van der Waals surface area contributed by atoms with Crippen molar-refractivity contribution in [2.45, 2.75) is 13.5 Å². The van der Waals surface area contributed by atoms with E-state index in [0.717, 1.165) is 4.88 Å². The normalized spacial score (nSPS) is 9.95. The summed E-state index contributed by atoms with van der Waals surface area (Å²) in [6.45, 7) is 0.654. The van der Waals surface area contributed by atoms with Crippen LogP contribution < -0.4 is 5.32 Å². The monoisotopic (exact) mass is 287 g/mol. The van der Waals surface area contributed by atoms with Crippen molar-refractivity contribution < 1.29 is 24.6 Å². The molecule has 0 aromatic carbocycles. The highest BCUT2D eigenvalue weighted by Crippen LogP contribution is 2.10. The number of amides is 2. The van der Waals surface area contributed by atoms with E-state index in [0.29, 0.717) is 9.91 Å². The van der Waals surface area contributed by atoms with Crippen LogP contribution in [0.3, 0.4) is 0 Å². The van der Waals surface area contributed by atoms with E-state index in [-0.39, 0.29) is 6.54 Å². The summed E-state index contributed by atoms with van der Waals surface area (Å²) in [7, 11) is 0. The van der Waals surface area contributed by atoms with Gasteiger partial charge >= 0.3 is 18.0 Å². The number of rotatable bonds is 6. The van der Waals surface area contributed by atoms with Crippen LogP contribution in [0, 0.1) is 6.92 Å². The maximum atomic E-state index is 11.7. The Bertz CT molecular complexity index is 471. The van der Waals surface area contributed by atoms with Crippen LogP contribution in [0.1, 0.15) is 9.88 Å². The minimum absolute atomic E-state index is 0.132. The number of thiazole rings is 1. The number of nitrogens with zero attached hydrogens (tertiary/aromatic N) is 2. The zero-order chi connectivity index (χ0) is 14.4. The third-order valence-electron chi connectivity index (χ3n) is 2.00. The van der Waals surface area contributed by atoms with Gasteiger partial charge in [0.25, 0.3) is 0 Å². The molecule has 0 aliphatic rings. The fourth-order valence-electron chi connectivity index (χ4n) is 1.27. The summed E-state index contributed by atoms with van der Waals surface area (Å²) >= 11 is 1.39. The zero-order valence-electron chi connectivity index (χ0n) is 10.1. The first-order chi connectivity index (χ1) is 8.88. The van der Waals surface area contributed by atoms with Crippen LogP contribution in [0.5, 0.6) is 0 Å². The molecule has 0 saturated heterocycles. The average Bonchev–Trinajstić information content (AvgIpc) is 2.70. The molecule has 0 radical (unpaired) electrons. The molecule has 1 aromatic rings. The van der Waals surface area contributed by atoms with E-state index in [2.05, 4.69) is 10.3 Å². The number of aromatic nitrogens is 1. The van der Waals surface area contributed by atoms with Crippen molar-refractivity contribution in [1.82, 2.24) is 15.2 Å². The summed E-state index contributed by atoms with van der Waals surface area (Å²) in [6.07, 6.45) is 1.65. The molecule has 0 spiro atoms. The molecule has 0 aliphatic carbocycles. The molecule has 0 bridgehead atoms. The molecule has 2 amide bonds. The van der Waals surface area contributed by atoms with Gasteiger partial charge in [-0.1, -0.05) is 0 Å². The van der Waals surface area contributed by atoms with Gasteiger partial charge in [-0.25, -0.2) is 9.78 Å². The lowest BCUT2D eigenvalue weighted by molar-refractivity contribution is -0.140. The predicted octanol–water partition coefficient (Wildman–Crippen LogP) is 0.132. The Hall–Kier alpha value is -2.16. The number of aryl methyl sites for hydroxylation is 1. The molecule has 0 saturated carbocycles. The lowest BCUT2D eigenvalue weighted by Gasteiger charge is -2.18. The van der Waals surface area contributed by atoms with Gasteiger partial charge in [0, 0.05) is 11.1 Å². The van der Waals surface area contributed by atoms with E-state index >= 15 is 0 Å². The Balaban J connectivity index is 2.55. The molecule has 104 valence electrons. The summed E-state index contributed by atoms with van der Waals surface area (Å²) in [5, 5.41) is 20.3. The fraction of sp³-hybridized carbons (Fsp3) is 0.400. The third kappa shape index (κ3) is 5.34. The van der Waals surface area contributed by atoms with Crippen molar-refractivity contribution in [3.8, 4) is 0 Å². The second kappa shape index (κ2) is 6.69. The number of carbonyl (C=O) groups is 3. The van der Waals surface area contributed by atoms with Crippen molar-refractivity contribution >= 4 is 29.3 Å². The van der Waals surface area contributed by atoms with E-state index in [1.807, 2.05) is 6.92 Å². The maximum Gasteiger partial charge on any atom is 0.323 e. The van der Waals surface area contributed by atoms with Crippen LogP contribution in [0.15, 0.2) is 6.20 Å². The van der Waals surface area contributed by atoms with E-state index in [1.54, 1.807) is 6.20 Å². The van der Waals surface area contributed by atoms with Crippen molar-refractivity contribution in [3.05, 3.63) is 16.1 Å². The van der Waals surface area contributed by atoms with Gasteiger partial charge in [0.2, 0.25) is 0 Å². The van der Waals surface area contributed by atoms with Gasteiger partial charge in [0.05, 0.1) is 6.54 Å². The number of carboxylic acids is 2. The van der Waals surface area contributed by atoms with E-state index in [4.69, 9.17) is 10.2 Å². The largest absolute Gasteiger partial charge is 0.480 e. The lowest BCUT2D eigenvalue weighted by Crippen LogP contribution is -2.45. The topological polar surface area (TPSA) is 120 Å². The van der Waals surface area contributed by atoms with E-state index in [9.17, 15) is 14.4 Å². The zero-order valence-corrected chi connectivity index (χ0v) is 10.9. The van der Waals surface area contributed by atoms with Gasteiger partial charge in [0.15, 0.2) is 0 Å². The summed E-state index contributed by atoms with van der Waals surface area (Å²) in [5.41, 5.74) is 0. The molecular formula is C10H13N3O5S. The number of carboxylic acid groups (broad SMARTS) is 2. The first kappa shape index (κ1) is 14.9. The summed E-state index contributed by atoms with van der Waals surface area (Å²) in [5.74, 6) is -2.55. The highest BCUT2D eigenvalue weighted by Gasteiger charge is 2.19. The Kier molecular flexibility index (Phi) is 5.24. The molecule has 1 aromatic heterocycles. The van der Waals surface area contributed by atoms with Crippen LogP contribution in [0.4, 0.5) is 4.79 Å². The van der Waals surface area contributed by atoms with Crippen LogP contribution in [-0.2, 0) is 16.1 Å². The summed E-state index contributed by atoms with van der Waals surface area (Å²) in [6, 6.07) is -0.752. The van der Waals surface area contributed by atoms with Crippen LogP contribution in [-0.4, -0.2) is 51.2 Å². The first-order valence-electron chi connectivity index (χ1n) is 5.26. The minimum Gasteiger partial charge on any atom is -0.480 e. The van der Waals surface area contributed by atoms with Crippen molar-refractivity contribution in [3.63, 3.8) is 0 Å². The number of urea groups is 1. The van der Waals surface area contributed by atoms with Crippen LogP contribution in [0.2, 0.25) is 0 Å². The first-order valence-corrected chi connectivity index (χ1v) is 6.08. The Morgan fingerprint density at radius 1 is 1.32 bits per heavy atom. The number of hydrogen-bond donors (Lipinski definition) is 3. The molecule has 0 atom stereocenters. The van der Waals surface area contributed by atoms with Crippen LogP contribution >= 0.6 is 11.3 Å². The molecule has 0 aliphatic heterocycles. The van der Waals surface area contributed by atoms with Crippen molar-refractivity contribution in [2.75, 3.05) is 13.1 Å². The van der Waals surface area contributed by atoms with Gasteiger partial charge in [-0.15, -0.1) is 11.3 Å². The average molecular weight is 287 g/mol. The van der Waals surface area contributed by atoms with Gasteiger partial charge < -0.3 is 20.4 Å². The lowest BCUT2D eigenvalue weighted by atomic mass is 10.5. The molecule has 3 N–H and O–H groups in total. The molecule has 1 heterocycles. The number of nitrogens with one attached hydrogen (secondary N) is 1. The van der Waals surface area contributed by atoms with Crippen LogP contribution in [0.25, 0.3) is 0 Å². The Morgan fingerprint density at radius 2 is 1.89 bits per heavy atom. The third-order valence-corrected chi connectivity index (χ3v) is 2.91. The van der Waals surface area contributed by atoms with Gasteiger partial charge in [-0.3, -0.25) is 9.59 Å². The second-order valence-electron chi connectivity index (χ2n) is 3.67. The van der Waals surface area contributed by atoms with Gasteiger partial charge in [-0.2, -0.15) is 0 Å². The highest BCUT2D eigenvalue weighted by atomic mass is 32.1.